The van der Waals surface area contributed by atoms with E-state index in [0.29, 0.717) is 0 Å². The first-order chi connectivity index (χ1) is 15.2. The van der Waals surface area contributed by atoms with E-state index >= 15 is 0 Å². The van der Waals surface area contributed by atoms with E-state index in [1.807, 2.05) is 54.6 Å². The topological polar surface area (TPSA) is 45.2 Å². The predicted octanol–water partition coefficient (Wildman–Crippen LogP) is 6.05. The van der Waals surface area contributed by atoms with Gasteiger partial charge in [-0.05, 0) is 42.3 Å². The maximum Gasteiger partial charge on any atom is 0.249 e. The maximum absolute atomic E-state index is 12.8. The summed E-state index contributed by atoms with van der Waals surface area (Å²) < 4.78 is 1.17. The Labute approximate surface area is 189 Å². The first-order valence-electron chi connectivity index (χ1n) is 10.5. The zero-order chi connectivity index (χ0) is 21.2. The van der Waals surface area contributed by atoms with E-state index in [2.05, 4.69) is 23.2 Å². The van der Waals surface area contributed by atoms with Gasteiger partial charge < -0.3 is 5.32 Å². The zero-order valence-corrected chi connectivity index (χ0v) is 18.9. The number of amides is 1. The number of thiophene rings is 1. The lowest BCUT2D eigenvalue weighted by Gasteiger charge is -2.25. The number of para-hydroxylation sites is 1. The van der Waals surface area contributed by atoms with Gasteiger partial charge in [0, 0.05) is 29.6 Å². The van der Waals surface area contributed by atoms with Crippen LogP contribution in [0.5, 0.6) is 0 Å². The van der Waals surface area contributed by atoms with Crippen LogP contribution in [0.15, 0.2) is 60.7 Å². The highest BCUT2D eigenvalue weighted by Crippen LogP contribution is 2.45. The van der Waals surface area contributed by atoms with Gasteiger partial charge >= 0.3 is 0 Å². The van der Waals surface area contributed by atoms with Crippen molar-refractivity contribution in [2.24, 2.45) is 0 Å². The highest BCUT2D eigenvalue weighted by Gasteiger charge is 2.27. The van der Waals surface area contributed by atoms with Crippen LogP contribution in [0.25, 0.3) is 26.9 Å². The molecule has 1 aliphatic rings. The first kappa shape index (κ1) is 20.1. The molecule has 1 amide bonds. The molecule has 1 N–H and O–H groups in total. The SMILES string of the molecule is CCN1CCc2c(sc(NC(=O)C=Cc3ccccc3)c2-c2nc3ccccc3s2)C1. The number of benzene rings is 2. The molecule has 1 aliphatic heterocycles. The zero-order valence-electron chi connectivity index (χ0n) is 17.3. The molecule has 0 aliphatic carbocycles. The number of anilines is 1. The molecule has 31 heavy (non-hydrogen) atoms. The van der Waals surface area contributed by atoms with Crippen LogP contribution in [0.4, 0.5) is 5.00 Å². The summed E-state index contributed by atoms with van der Waals surface area (Å²) >= 11 is 3.39. The number of likely N-dealkylation sites (N-methyl/N-ethyl adjacent to an activating group) is 1. The van der Waals surface area contributed by atoms with Gasteiger partial charge in [0.15, 0.2) is 0 Å². The Kier molecular flexibility index (Phi) is 5.68. The van der Waals surface area contributed by atoms with Gasteiger partial charge in [-0.1, -0.05) is 49.4 Å². The van der Waals surface area contributed by atoms with E-state index in [0.717, 1.165) is 52.7 Å². The van der Waals surface area contributed by atoms with E-state index in [1.165, 1.54) is 15.1 Å². The van der Waals surface area contributed by atoms with Gasteiger partial charge in [-0.15, -0.1) is 22.7 Å². The van der Waals surface area contributed by atoms with Gasteiger partial charge in [0.2, 0.25) is 5.91 Å². The third-order valence-corrected chi connectivity index (χ3v) is 7.74. The molecule has 4 nitrogen and oxygen atoms in total. The third-order valence-electron chi connectivity index (χ3n) is 5.55. The molecule has 6 heteroatoms. The van der Waals surface area contributed by atoms with Crippen molar-refractivity contribution >= 4 is 49.9 Å². The average molecular weight is 446 g/mol. The molecule has 0 spiro atoms. The van der Waals surface area contributed by atoms with Crippen LogP contribution in [0.3, 0.4) is 0 Å². The summed E-state index contributed by atoms with van der Waals surface area (Å²) in [5.74, 6) is -0.114. The lowest BCUT2D eigenvalue weighted by atomic mass is 10.0. The van der Waals surface area contributed by atoms with Crippen molar-refractivity contribution < 1.29 is 4.79 Å². The molecular formula is C25H23N3OS2. The summed E-state index contributed by atoms with van der Waals surface area (Å²) in [5, 5.41) is 5.05. The number of rotatable bonds is 5. The molecule has 0 saturated carbocycles. The normalized spacial score (nSPS) is 14.2. The van der Waals surface area contributed by atoms with Crippen LogP contribution in [-0.2, 0) is 17.8 Å². The number of nitrogens with one attached hydrogen (secondary N) is 1. The standard InChI is InChI=1S/C25H23N3OS2/c1-2-28-15-14-18-21(16-28)31-25(27-22(29)13-12-17-8-4-3-5-9-17)23(18)24-26-19-10-6-7-11-20(19)30-24/h3-13H,2,14-16H2,1H3,(H,27,29). The minimum absolute atomic E-state index is 0.114. The number of carbonyl (C=O) groups excluding carboxylic acids is 1. The third kappa shape index (κ3) is 4.19. The van der Waals surface area contributed by atoms with E-state index in [1.54, 1.807) is 28.7 Å². The Hall–Kier alpha value is -2.80. The fourth-order valence-electron chi connectivity index (χ4n) is 3.91. The second kappa shape index (κ2) is 8.75. The van der Waals surface area contributed by atoms with Gasteiger partial charge in [-0.3, -0.25) is 9.69 Å². The Morgan fingerprint density at radius 3 is 2.74 bits per heavy atom. The smallest absolute Gasteiger partial charge is 0.249 e. The molecule has 0 fully saturated rings. The summed E-state index contributed by atoms with van der Waals surface area (Å²) in [4.78, 5) is 21.4. The molecule has 0 radical (unpaired) electrons. The van der Waals surface area contributed by atoms with Crippen molar-refractivity contribution in [1.82, 2.24) is 9.88 Å². The summed E-state index contributed by atoms with van der Waals surface area (Å²) in [6.07, 6.45) is 4.44. The van der Waals surface area contributed by atoms with Crippen LogP contribution in [-0.4, -0.2) is 28.9 Å². The highest BCUT2D eigenvalue weighted by atomic mass is 32.1. The van der Waals surface area contributed by atoms with Crippen LogP contribution in [0.2, 0.25) is 0 Å². The molecule has 2 aromatic heterocycles. The van der Waals surface area contributed by atoms with Gasteiger partial charge in [0.1, 0.15) is 10.0 Å². The average Bonchev–Trinajstić information content (AvgIpc) is 3.38. The maximum atomic E-state index is 12.8. The fraction of sp³-hybridized carbons (Fsp3) is 0.200. The van der Waals surface area contributed by atoms with Crippen LogP contribution < -0.4 is 5.32 Å². The molecular weight excluding hydrogens is 422 g/mol. The quantitative estimate of drug-likeness (QED) is 0.380. The van der Waals surface area contributed by atoms with Gasteiger partial charge in [0.25, 0.3) is 0 Å². The molecule has 0 saturated heterocycles. The van der Waals surface area contributed by atoms with E-state index in [-0.39, 0.29) is 5.91 Å². The number of carbonyl (C=O) groups is 1. The number of fused-ring (bicyclic) bond motifs is 2. The number of thiazole rings is 1. The molecule has 4 aromatic rings. The summed E-state index contributed by atoms with van der Waals surface area (Å²) in [5.41, 5.74) is 4.47. The second-order valence-corrected chi connectivity index (χ2v) is 9.68. The number of aromatic nitrogens is 1. The van der Waals surface area contributed by atoms with E-state index < -0.39 is 0 Å². The largest absolute Gasteiger partial charge is 0.313 e. The van der Waals surface area contributed by atoms with Crippen LogP contribution in [0, 0.1) is 0 Å². The Balaban J connectivity index is 1.51. The Morgan fingerprint density at radius 2 is 1.94 bits per heavy atom. The fourth-order valence-corrected chi connectivity index (χ4v) is 6.31. The van der Waals surface area contributed by atoms with Crippen LogP contribution >= 0.6 is 22.7 Å². The van der Waals surface area contributed by atoms with Crippen molar-refractivity contribution in [2.45, 2.75) is 19.9 Å². The van der Waals surface area contributed by atoms with Crippen molar-refractivity contribution in [3.8, 4) is 10.6 Å². The molecule has 3 heterocycles. The molecule has 0 unspecified atom stereocenters. The first-order valence-corrected chi connectivity index (χ1v) is 12.1. The summed E-state index contributed by atoms with van der Waals surface area (Å²) in [6.45, 7) is 5.21. The monoisotopic (exact) mass is 445 g/mol. The number of hydrogen-bond donors (Lipinski definition) is 1. The van der Waals surface area contributed by atoms with Crippen molar-refractivity contribution in [2.75, 3.05) is 18.4 Å². The van der Waals surface area contributed by atoms with Gasteiger partial charge in [-0.2, -0.15) is 0 Å². The predicted molar refractivity (Wildman–Crippen MR) is 132 cm³/mol. The summed E-state index contributed by atoms with van der Waals surface area (Å²) in [7, 11) is 0. The molecule has 156 valence electrons. The van der Waals surface area contributed by atoms with Crippen molar-refractivity contribution in [3.63, 3.8) is 0 Å². The van der Waals surface area contributed by atoms with E-state index in [9.17, 15) is 4.79 Å². The number of hydrogen-bond acceptors (Lipinski definition) is 5. The minimum atomic E-state index is -0.114. The van der Waals surface area contributed by atoms with Gasteiger partial charge in [-0.25, -0.2) is 4.98 Å². The molecule has 0 atom stereocenters. The minimum Gasteiger partial charge on any atom is -0.313 e. The molecule has 2 aromatic carbocycles. The lowest BCUT2D eigenvalue weighted by Crippen LogP contribution is -2.29. The Bertz CT molecular complexity index is 1220. The molecule has 0 bridgehead atoms. The van der Waals surface area contributed by atoms with Gasteiger partial charge in [0.05, 0.1) is 10.2 Å². The van der Waals surface area contributed by atoms with Crippen molar-refractivity contribution in [3.05, 3.63) is 76.7 Å². The lowest BCUT2D eigenvalue weighted by molar-refractivity contribution is -0.111. The molecule has 5 rings (SSSR count). The second-order valence-electron chi connectivity index (χ2n) is 7.55. The van der Waals surface area contributed by atoms with E-state index in [4.69, 9.17) is 4.98 Å². The summed E-state index contributed by atoms with van der Waals surface area (Å²) in [6, 6.07) is 18.1. The number of nitrogens with zero attached hydrogens (tertiary/aromatic N) is 2. The highest BCUT2D eigenvalue weighted by molar-refractivity contribution is 7.22. The van der Waals surface area contributed by atoms with Crippen molar-refractivity contribution in [1.29, 1.82) is 0 Å². The van der Waals surface area contributed by atoms with Crippen LogP contribution in [0.1, 0.15) is 22.9 Å². The Morgan fingerprint density at radius 1 is 1.13 bits per heavy atom.